The molecule has 1 aromatic heterocycles. The van der Waals surface area contributed by atoms with E-state index in [9.17, 15) is 5.11 Å². The van der Waals surface area contributed by atoms with Crippen LogP contribution in [0.2, 0.25) is 0 Å². The van der Waals surface area contributed by atoms with Gasteiger partial charge in [0.1, 0.15) is 5.82 Å². The Morgan fingerprint density at radius 3 is 3.20 bits per heavy atom. The highest BCUT2D eigenvalue weighted by atomic mass is 32.2. The number of imidazole rings is 1. The van der Waals surface area contributed by atoms with Crippen LogP contribution in [0.1, 0.15) is 36.0 Å². The van der Waals surface area contributed by atoms with Gasteiger partial charge in [-0.25, -0.2) is 4.98 Å². The quantitative estimate of drug-likeness (QED) is 0.790. The molecule has 4 heteroatoms. The molecule has 2 aliphatic heterocycles. The molecule has 0 aromatic carbocycles. The summed E-state index contributed by atoms with van der Waals surface area (Å²) >= 11 is 2.03. The van der Waals surface area contributed by atoms with E-state index in [1.165, 1.54) is 30.1 Å². The van der Waals surface area contributed by atoms with Crippen molar-refractivity contribution in [2.45, 2.75) is 43.6 Å². The summed E-state index contributed by atoms with van der Waals surface area (Å²) in [6, 6.07) is 0. The van der Waals surface area contributed by atoms with E-state index in [2.05, 4.69) is 9.55 Å². The number of hydrogen-bond donors (Lipinski definition) is 1. The zero-order valence-corrected chi connectivity index (χ0v) is 9.54. The van der Waals surface area contributed by atoms with Gasteiger partial charge in [-0.3, -0.25) is 0 Å². The van der Waals surface area contributed by atoms with Gasteiger partial charge >= 0.3 is 0 Å². The van der Waals surface area contributed by atoms with Crippen molar-refractivity contribution in [1.29, 1.82) is 0 Å². The Kier molecular flexibility index (Phi) is 2.48. The van der Waals surface area contributed by atoms with Gasteiger partial charge in [0, 0.05) is 24.9 Å². The first-order valence-corrected chi connectivity index (χ1v) is 6.73. The first-order chi connectivity index (χ1) is 7.34. The van der Waals surface area contributed by atoms with Crippen molar-refractivity contribution in [3.05, 3.63) is 17.7 Å². The molecule has 1 N–H and O–H groups in total. The fourth-order valence-corrected chi connectivity index (χ4v) is 3.80. The first kappa shape index (κ1) is 9.73. The summed E-state index contributed by atoms with van der Waals surface area (Å²) in [6.45, 7) is 0.947. The number of hydrogen-bond acceptors (Lipinski definition) is 3. The minimum atomic E-state index is -0.154. The van der Waals surface area contributed by atoms with Crippen molar-refractivity contribution in [1.82, 2.24) is 9.55 Å². The third kappa shape index (κ3) is 1.70. The predicted molar refractivity (Wildman–Crippen MR) is 61.0 cm³/mol. The van der Waals surface area contributed by atoms with Crippen molar-refractivity contribution in [2.75, 3.05) is 5.75 Å². The molecule has 82 valence electrons. The van der Waals surface area contributed by atoms with E-state index in [-0.39, 0.29) is 6.10 Å². The highest BCUT2D eigenvalue weighted by Crippen LogP contribution is 2.40. The minimum absolute atomic E-state index is 0.154. The standard InChI is InChI=1S/C11H16N2OS/c14-9-3-4-13-8(6-9)7-12-11(13)10-2-1-5-15-10/h7,9-10,14H,1-6H2. The van der Waals surface area contributed by atoms with Gasteiger partial charge < -0.3 is 9.67 Å². The molecule has 3 nitrogen and oxygen atoms in total. The molecule has 1 saturated heterocycles. The number of fused-ring (bicyclic) bond motifs is 1. The SMILES string of the molecule is OC1CCn2c(cnc2C2CCCS2)C1. The summed E-state index contributed by atoms with van der Waals surface area (Å²) in [5.74, 6) is 2.52. The number of thioether (sulfide) groups is 1. The van der Waals surface area contributed by atoms with Crippen LogP contribution in [-0.4, -0.2) is 26.5 Å². The number of aliphatic hydroxyl groups excluding tert-OH is 1. The van der Waals surface area contributed by atoms with E-state index in [4.69, 9.17) is 0 Å². The van der Waals surface area contributed by atoms with Crippen LogP contribution >= 0.6 is 11.8 Å². The molecule has 0 amide bonds. The second-order valence-corrected chi connectivity index (χ2v) is 5.72. The molecule has 3 rings (SSSR count). The molecule has 1 aromatic rings. The second-order valence-electron chi connectivity index (χ2n) is 4.41. The van der Waals surface area contributed by atoms with Crippen molar-refractivity contribution in [2.24, 2.45) is 0 Å². The molecule has 2 aliphatic rings. The van der Waals surface area contributed by atoms with E-state index < -0.39 is 0 Å². The lowest BCUT2D eigenvalue weighted by atomic mass is 10.1. The molecule has 0 saturated carbocycles. The Morgan fingerprint density at radius 2 is 2.40 bits per heavy atom. The average Bonchev–Trinajstić information content (AvgIpc) is 2.82. The highest BCUT2D eigenvalue weighted by molar-refractivity contribution is 7.99. The van der Waals surface area contributed by atoms with Gasteiger partial charge in [0.2, 0.25) is 0 Å². The number of rotatable bonds is 1. The molecular weight excluding hydrogens is 208 g/mol. The molecule has 0 spiro atoms. The molecule has 2 atom stereocenters. The van der Waals surface area contributed by atoms with Crippen molar-refractivity contribution < 1.29 is 5.11 Å². The van der Waals surface area contributed by atoms with Crippen LogP contribution in [-0.2, 0) is 13.0 Å². The van der Waals surface area contributed by atoms with Crippen LogP contribution in [0.3, 0.4) is 0 Å². The van der Waals surface area contributed by atoms with Crippen LogP contribution in [0.15, 0.2) is 6.20 Å². The number of aromatic nitrogens is 2. The van der Waals surface area contributed by atoms with Gasteiger partial charge in [0.05, 0.1) is 11.4 Å². The van der Waals surface area contributed by atoms with E-state index in [1.54, 1.807) is 0 Å². The Balaban J connectivity index is 1.90. The largest absolute Gasteiger partial charge is 0.393 e. The lowest BCUT2D eigenvalue weighted by molar-refractivity contribution is 0.142. The Bertz CT molecular complexity index is 357. The maximum atomic E-state index is 9.58. The van der Waals surface area contributed by atoms with Gasteiger partial charge in [0.25, 0.3) is 0 Å². The fraction of sp³-hybridized carbons (Fsp3) is 0.727. The van der Waals surface area contributed by atoms with Crippen molar-refractivity contribution >= 4 is 11.8 Å². The Morgan fingerprint density at radius 1 is 1.47 bits per heavy atom. The van der Waals surface area contributed by atoms with Crippen LogP contribution < -0.4 is 0 Å². The van der Waals surface area contributed by atoms with Crippen LogP contribution in [0.4, 0.5) is 0 Å². The summed E-state index contributed by atoms with van der Waals surface area (Å²) in [7, 11) is 0. The molecule has 0 radical (unpaired) electrons. The zero-order valence-electron chi connectivity index (χ0n) is 8.72. The summed E-state index contributed by atoms with van der Waals surface area (Å²) < 4.78 is 2.33. The van der Waals surface area contributed by atoms with E-state index in [1.807, 2.05) is 18.0 Å². The molecule has 0 bridgehead atoms. The fourth-order valence-electron chi connectivity index (χ4n) is 2.51. The van der Waals surface area contributed by atoms with Gasteiger partial charge in [-0.15, -0.1) is 0 Å². The van der Waals surface area contributed by atoms with Gasteiger partial charge in [-0.1, -0.05) is 0 Å². The lowest BCUT2D eigenvalue weighted by Gasteiger charge is -2.22. The van der Waals surface area contributed by atoms with Gasteiger partial charge in [-0.2, -0.15) is 11.8 Å². The molecule has 15 heavy (non-hydrogen) atoms. The predicted octanol–water partition coefficient (Wildman–Crippen LogP) is 1.76. The maximum absolute atomic E-state index is 9.58. The first-order valence-electron chi connectivity index (χ1n) is 5.68. The normalized spacial score (nSPS) is 30.5. The van der Waals surface area contributed by atoms with E-state index in [0.29, 0.717) is 5.25 Å². The highest BCUT2D eigenvalue weighted by Gasteiger charge is 2.26. The van der Waals surface area contributed by atoms with Gasteiger partial charge in [0.15, 0.2) is 0 Å². The van der Waals surface area contributed by atoms with Crippen LogP contribution in [0.5, 0.6) is 0 Å². The monoisotopic (exact) mass is 224 g/mol. The Hall–Kier alpha value is -0.480. The Labute approximate surface area is 93.9 Å². The van der Waals surface area contributed by atoms with Gasteiger partial charge in [-0.05, 0) is 25.0 Å². The van der Waals surface area contributed by atoms with Crippen molar-refractivity contribution in [3.63, 3.8) is 0 Å². The maximum Gasteiger partial charge on any atom is 0.122 e. The second kappa shape index (κ2) is 3.83. The minimum Gasteiger partial charge on any atom is -0.393 e. The lowest BCUT2D eigenvalue weighted by Crippen LogP contribution is -2.24. The summed E-state index contributed by atoms with van der Waals surface area (Å²) in [5, 5.41) is 10.2. The number of aliphatic hydroxyl groups is 1. The molecular formula is C11H16N2OS. The van der Waals surface area contributed by atoms with Crippen LogP contribution in [0, 0.1) is 0 Å². The summed E-state index contributed by atoms with van der Waals surface area (Å²) in [4.78, 5) is 4.55. The van der Waals surface area contributed by atoms with E-state index in [0.717, 1.165) is 19.4 Å². The zero-order chi connectivity index (χ0) is 10.3. The summed E-state index contributed by atoms with van der Waals surface area (Å²) in [5.41, 5.74) is 1.22. The molecule has 1 fully saturated rings. The molecule has 0 aliphatic carbocycles. The number of nitrogens with zero attached hydrogens (tertiary/aromatic N) is 2. The molecule has 3 heterocycles. The van der Waals surface area contributed by atoms with Crippen LogP contribution in [0.25, 0.3) is 0 Å². The third-order valence-electron chi connectivity index (χ3n) is 3.32. The van der Waals surface area contributed by atoms with Crippen molar-refractivity contribution in [3.8, 4) is 0 Å². The molecule has 2 unspecified atom stereocenters. The smallest absolute Gasteiger partial charge is 0.122 e. The summed E-state index contributed by atoms with van der Waals surface area (Å²) in [6.07, 6.45) is 6.05. The third-order valence-corrected chi connectivity index (χ3v) is 4.69. The van der Waals surface area contributed by atoms with E-state index >= 15 is 0 Å². The topological polar surface area (TPSA) is 38.0 Å². The average molecular weight is 224 g/mol.